The molecule has 0 saturated carbocycles. The van der Waals surface area contributed by atoms with E-state index in [1.807, 2.05) is 4.90 Å². The van der Waals surface area contributed by atoms with Crippen LogP contribution >= 0.6 is 0 Å². The molecular formula is C14H24N2O3. The van der Waals surface area contributed by atoms with E-state index in [0.29, 0.717) is 6.54 Å². The van der Waals surface area contributed by atoms with Gasteiger partial charge >= 0.3 is 5.97 Å². The third-order valence-electron chi connectivity index (χ3n) is 4.28. The highest BCUT2D eigenvalue weighted by Gasteiger charge is 2.43. The average molecular weight is 268 g/mol. The molecule has 2 aliphatic rings. The van der Waals surface area contributed by atoms with Crippen LogP contribution in [-0.2, 0) is 9.59 Å². The van der Waals surface area contributed by atoms with Gasteiger partial charge in [0.25, 0.3) is 0 Å². The third-order valence-corrected chi connectivity index (χ3v) is 4.28. The van der Waals surface area contributed by atoms with Crippen molar-refractivity contribution in [2.24, 2.45) is 5.92 Å². The molecule has 0 aliphatic carbocycles. The van der Waals surface area contributed by atoms with E-state index >= 15 is 0 Å². The summed E-state index contributed by atoms with van der Waals surface area (Å²) in [5.41, 5.74) is 0. The number of fused-ring (bicyclic) bond motifs is 2. The predicted molar refractivity (Wildman–Crippen MR) is 71.8 cm³/mol. The molecule has 5 heteroatoms. The standard InChI is InChI=1S/C14H24N2O3/c1-2-5-15-9-13(17)16-11-3-4-12(16)7-10(6-11)8-14(18)19/h10-12,15H,2-9H2,1H3,(H,18,19). The van der Waals surface area contributed by atoms with Crippen LogP contribution < -0.4 is 5.32 Å². The highest BCUT2D eigenvalue weighted by atomic mass is 16.4. The molecule has 2 fully saturated rings. The average Bonchev–Trinajstić information content (AvgIpc) is 2.61. The third kappa shape index (κ3) is 3.47. The molecule has 0 spiro atoms. The van der Waals surface area contributed by atoms with E-state index in [1.54, 1.807) is 0 Å². The summed E-state index contributed by atoms with van der Waals surface area (Å²) < 4.78 is 0. The number of nitrogens with one attached hydrogen (secondary N) is 1. The van der Waals surface area contributed by atoms with Gasteiger partial charge in [-0.25, -0.2) is 0 Å². The molecule has 5 nitrogen and oxygen atoms in total. The number of hydrogen-bond donors (Lipinski definition) is 2. The van der Waals surface area contributed by atoms with Crippen LogP contribution in [0.2, 0.25) is 0 Å². The largest absolute Gasteiger partial charge is 0.481 e. The Kier molecular flexibility index (Phi) is 4.80. The number of carbonyl (C=O) groups is 2. The lowest BCUT2D eigenvalue weighted by atomic mass is 9.88. The molecule has 2 rings (SSSR count). The van der Waals surface area contributed by atoms with Gasteiger partial charge in [-0.05, 0) is 44.6 Å². The molecular weight excluding hydrogens is 244 g/mol. The fraction of sp³-hybridized carbons (Fsp3) is 0.857. The Hall–Kier alpha value is -1.10. The van der Waals surface area contributed by atoms with Gasteiger partial charge in [-0.1, -0.05) is 6.92 Å². The summed E-state index contributed by atoms with van der Waals surface area (Å²) in [5.74, 6) is -0.272. The lowest BCUT2D eigenvalue weighted by Crippen LogP contribution is -2.49. The molecule has 108 valence electrons. The van der Waals surface area contributed by atoms with Gasteiger partial charge in [0.15, 0.2) is 0 Å². The molecule has 19 heavy (non-hydrogen) atoms. The van der Waals surface area contributed by atoms with Gasteiger partial charge < -0.3 is 15.3 Å². The Morgan fingerprint density at radius 3 is 2.42 bits per heavy atom. The molecule has 2 bridgehead atoms. The normalized spacial score (nSPS) is 29.5. The number of carboxylic acids is 1. The van der Waals surface area contributed by atoms with Gasteiger partial charge in [0.05, 0.1) is 6.54 Å². The second-order valence-electron chi connectivity index (χ2n) is 5.80. The maximum absolute atomic E-state index is 12.2. The Labute approximate surface area is 114 Å². The van der Waals surface area contributed by atoms with Crippen LogP contribution in [0.4, 0.5) is 0 Å². The van der Waals surface area contributed by atoms with Crippen molar-refractivity contribution in [3.8, 4) is 0 Å². The fourth-order valence-corrected chi connectivity index (χ4v) is 3.57. The first-order valence-corrected chi connectivity index (χ1v) is 7.35. The molecule has 1 amide bonds. The van der Waals surface area contributed by atoms with Gasteiger partial charge in [-0.15, -0.1) is 0 Å². The zero-order valence-corrected chi connectivity index (χ0v) is 11.6. The zero-order valence-electron chi connectivity index (χ0n) is 11.6. The topological polar surface area (TPSA) is 69.6 Å². The summed E-state index contributed by atoms with van der Waals surface area (Å²) >= 11 is 0. The van der Waals surface area contributed by atoms with E-state index in [2.05, 4.69) is 12.2 Å². The first kappa shape index (κ1) is 14.3. The molecule has 0 aromatic heterocycles. The number of rotatable bonds is 6. The molecule has 2 saturated heterocycles. The van der Waals surface area contributed by atoms with Gasteiger partial charge in [0, 0.05) is 18.5 Å². The minimum absolute atomic E-state index is 0.190. The molecule has 2 aliphatic heterocycles. The first-order valence-electron chi connectivity index (χ1n) is 7.35. The Morgan fingerprint density at radius 1 is 1.26 bits per heavy atom. The number of carbonyl (C=O) groups excluding carboxylic acids is 1. The number of hydrogen-bond acceptors (Lipinski definition) is 3. The van der Waals surface area contributed by atoms with Crippen molar-refractivity contribution in [2.75, 3.05) is 13.1 Å². The summed E-state index contributed by atoms with van der Waals surface area (Å²) in [7, 11) is 0. The number of piperidine rings is 1. The summed E-state index contributed by atoms with van der Waals surface area (Å²) in [5, 5.41) is 12.0. The van der Waals surface area contributed by atoms with E-state index in [9.17, 15) is 9.59 Å². The van der Waals surface area contributed by atoms with E-state index in [4.69, 9.17) is 5.11 Å². The quantitative estimate of drug-likeness (QED) is 0.711. The number of amides is 1. The molecule has 2 unspecified atom stereocenters. The minimum Gasteiger partial charge on any atom is -0.481 e. The highest BCUT2D eigenvalue weighted by Crippen LogP contribution is 2.39. The Bertz CT molecular complexity index is 332. The molecule has 0 aromatic carbocycles. The lowest BCUT2D eigenvalue weighted by molar-refractivity contribution is -0.139. The molecule has 0 radical (unpaired) electrons. The van der Waals surface area contributed by atoms with Crippen molar-refractivity contribution in [2.45, 2.75) is 57.5 Å². The van der Waals surface area contributed by atoms with Crippen molar-refractivity contribution in [3.63, 3.8) is 0 Å². The Morgan fingerprint density at radius 2 is 1.89 bits per heavy atom. The van der Waals surface area contributed by atoms with E-state index in [0.717, 1.165) is 38.6 Å². The van der Waals surface area contributed by atoms with Crippen LogP contribution in [0.15, 0.2) is 0 Å². The highest BCUT2D eigenvalue weighted by molar-refractivity contribution is 5.79. The van der Waals surface area contributed by atoms with Gasteiger partial charge in [-0.3, -0.25) is 9.59 Å². The van der Waals surface area contributed by atoms with E-state index in [1.165, 1.54) is 0 Å². The summed E-state index contributed by atoms with van der Waals surface area (Å²) in [6.45, 7) is 3.37. The fourth-order valence-electron chi connectivity index (χ4n) is 3.57. The first-order chi connectivity index (χ1) is 9.11. The summed E-state index contributed by atoms with van der Waals surface area (Å²) in [4.78, 5) is 25.0. The number of aliphatic carboxylic acids is 1. The molecule has 2 atom stereocenters. The maximum atomic E-state index is 12.2. The zero-order chi connectivity index (χ0) is 13.8. The van der Waals surface area contributed by atoms with Crippen LogP contribution in [0.3, 0.4) is 0 Å². The van der Waals surface area contributed by atoms with Crippen LogP contribution in [0.1, 0.15) is 45.4 Å². The smallest absolute Gasteiger partial charge is 0.303 e. The van der Waals surface area contributed by atoms with Crippen LogP contribution in [-0.4, -0.2) is 47.1 Å². The van der Waals surface area contributed by atoms with Gasteiger partial charge in [0.2, 0.25) is 5.91 Å². The van der Waals surface area contributed by atoms with Crippen molar-refractivity contribution >= 4 is 11.9 Å². The number of nitrogens with zero attached hydrogens (tertiary/aromatic N) is 1. The van der Waals surface area contributed by atoms with E-state index in [-0.39, 0.29) is 30.3 Å². The van der Waals surface area contributed by atoms with Crippen LogP contribution in [0.25, 0.3) is 0 Å². The van der Waals surface area contributed by atoms with Gasteiger partial charge in [0.1, 0.15) is 0 Å². The lowest BCUT2D eigenvalue weighted by Gasteiger charge is -2.38. The summed E-state index contributed by atoms with van der Waals surface area (Å²) in [6, 6.07) is 0.554. The predicted octanol–water partition coefficient (Wildman–Crippen LogP) is 1.23. The number of carboxylic acid groups (broad SMARTS) is 1. The monoisotopic (exact) mass is 268 g/mol. The molecule has 2 N–H and O–H groups in total. The molecule has 2 heterocycles. The van der Waals surface area contributed by atoms with Crippen LogP contribution in [0, 0.1) is 5.92 Å². The van der Waals surface area contributed by atoms with Crippen molar-refractivity contribution in [1.82, 2.24) is 10.2 Å². The Balaban J connectivity index is 1.88. The van der Waals surface area contributed by atoms with Crippen LogP contribution in [0.5, 0.6) is 0 Å². The van der Waals surface area contributed by atoms with E-state index < -0.39 is 5.97 Å². The maximum Gasteiger partial charge on any atom is 0.303 e. The van der Waals surface area contributed by atoms with Crippen molar-refractivity contribution < 1.29 is 14.7 Å². The molecule has 0 aromatic rings. The van der Waals surface area contributed by atoms with Crippen molar-refractivity contribution in [1.29, 1.82) is 0 Å². The second-order valence-corrected chi connectivity index (χ2v) is 5.80. The van der Waals surface area contributed by atoms with Crippen molar-refractivity contribution in [3.05, 3.63) is 0 Å². The minimum atomic E-state index is -0.714. The second kappa shape index (κ2) is 6.37. The SMILES string of the molecule is CCCNCC(=O)N1C2CCC1CC(CC(=O)O)C2. The van der Waals surface area contributed by atoms with Gasteiger partial charge in [-0.2, -0.15) is 0 Å². The summed E-state index contributed by atoms with van der Waals surface area (Å²) in [6.07, 6.45) is 5.09.